The van der Waals surface area contributed by atoms with Crippen molar-refractivity contribution in [2.75, 3.05) is 26.3 Å². The predicted octanol–water partition coefficient (Wildman–Crippen LogP) is 0.786. The average molecular weight is 256 g/mol. The van der Waals surface area contributed by atoms with Crippen molar-refractivity contribution in [1.29, 1.82) is 0 Å². The number of nitrogens with zero attached hydrogens (tertiary/aromatic N) is 1. The summed E-state index contributed by atoms with van der Waals surface area (Å²) in [6, 6.07) is -0.346. The molecule has 104 valence electrons. The maximum Gasteiger partial charge on any atom is 0.243 e. The zero-order valence-electron chi connectivity index (χ0n) is 11.6. The van der Waals surface area contributed by atoms with Crippen LogP contribution in [0, 0.1) is 5.92 Å². The largest absolute Gasteiger partial charge is 0.380 e. The van der Waals surface area contributed by atoms with Gasteiger partial charge in [-0.15, -0.1) is 0 Å². The molecular formula is C13H24N2O3. The van der Waals surface area contributed by atoms with Crippen LogP contribution in [0.5, 0.6) is 0 Å². The normalized spacial score (nSPS) is 21.9. The summed E-state index contributed by atoms with van der Waals surface area (Å²) in [7, 11) is 0. The molecule has 0 aromatic carbocycles. The molecule has 18 heavy (non-hydrogen) atoms. The molecule has 1 fully saturated rings. The second-order valence-electron chi connectivity index (χ2n) is 4.75. The molecule has 0 radical (unpaired) electrons. The van der Waals surface area contributed by atoms with Gasteiger partial charge in [0.25, 0.3) is 0 Å². The number of carbonyl (C=O) groups excluding carboxylic acids is 2. The summed E-state index contributed by atoms with van der Waals surface area (Å²) in [4.78, 5) is 25.5. The summed E-state index contributed by atoms with van der Waals surface area (Å²) < 4.78 is 5.41. The van der Waals surface area contributed by atoms with Gasteiger partial charge in [-0.2, -0.15) is 0 Å². The molecule has 0 bridgehead atoms. The number of rotatable bonds is 7. The number of hydrogen-bond acceptors (Lipinski definition) is 3. The molecule has 1 aliphatic rings. The van der Waals surface area contributed by atoms with E-state index in [1.165, 1.54) is 0 Å². The Morgan fingerprint density at radius 3 is 2.72 bits per heavy atom. The van der Waals surface area contributed by atoms with E-state index in [4.69, 9.17) is 4.74 Å². The van der Waals surface area contributed by atoms with Gasteiger partial charge in [-0.3, -0.25) is 9.59 Å². The number of ether oxygens (including phenoxy) is 1. The standard InChI is InChI=1S/C13H24N2O3/c1-4-7-18-8-6-15-11(16)9-14-13(17)12(15)10(3)5-2/h10,12H,4-9H2,1-3H3,(H,14,17). The van der Waals surface area contributed by atoms with Gasteiger partial charge in [0.15, 0.2) is 0 Å². The fourth-order valence-corrected chi connectivity index (χ4v) is 2.13. The summed E-state index contributed by atoms with van der Waals surface area (Å²) in [5.74, 6) is 0.111. The van der Waals surface area contributed by atoms with E-state index in [-0.39, 0.29) is 30.3 Å². The fourth-order valence-electron chi connectivity index (χ4n) is 2.13. The molecular weight excluding hydrogens is 232 g/mol. The Balaban J connectivity index is 2.61. The van der Waals surface area contributed by atoms with Crippen molar-refractivity contribution in [2.45, 2.75) is 39.7 Å². The van der Waals surface area contributed by atoms with E-state index in [1.807, 2.05) is 20.8 Å². The minimum Gasteiger partial charge on any atom is -0.380 e. The van der Waals surface area contributed by atoms with Gasteiger partial charge in [0.2, 0.25) is 11.8 Å². The van der Waals surface area contributed by atoms with Crippen molar-refractivity contribution in [3.63, 3.8) is 0 Å². The minimum absolute atomic E-state index is 0.0139. The highest BCUT2D eigenvalue weighted by atomic mass is 16.5. The van der Waals surface area contributed by atoms with Gasteiger partial charge < -0.3 is 15.0 Å². The van der Waals surface area contributed by atoms with E-state index in [2.05, 4.69) is 5.32 Å². The van der Waals surface area contributed by atoms with Crippen LogP contribution < -0.4 is 5.32 Å². The lowest BCUT2D eigenvalue weighted by Crippen LogP contribution is -2.61. The molecule has 5 nitrogen and oxygen atoms in total. The van der Waals surface area contributed by atoms with Crippen molar-refractivity contribution in [3.8, 4) is 0 Å². The van der Waals surface area contributed by atoms with Crippen molar-refractivity contribution >= 4 is 11.8 Å². The monoisotopic (exact) mass is 256 g/mol. The van der Waals surface area contributed by atoms with Crippen molar-refractivity contribution < 1.29 is 14.3 Å². The molecule has 1 rings (SSSR count). The first-order valence-corrected chi connectivity index (χ1v) is 6.76. The Labute approximate surface area is 109 Å². The second-order valence-corrected chi connectivity index (χ2v) is 4.75. The number of nitrogens with one attached hydrogen (secondary N) is 1. The highest BCUT2D eigenvalue weighted by molar-refractivity contribution is 5.95. The molecule has 0 aliphatic carbocycles. The number of amides is 2. The lowest BCUT2D eigenvalue weighted by Gasteiger charge is -2.37. The SMILES string of the molecule is CCCOCCN1C(=O)CNC(=O)C1C(C)CC. The molecule has 0 saturated carbocycles. The van der Waals surface area contributed by atoms with Gasteiger partial charge in [-0.05, 0) is 12.3 Å². The lowest BCUT2D eigenvalue weighted by atomic mass is 9.95. The lowest BCUT2D eigenvalue weighted by molar-refractivity contribution is -0.148. The summed E-state index contributed by atoms with van der Waals surface area (Å²) >= 11 is 0. The third kappa shape index (κ3) is 3.70. The smallest absolute Gasteiger partial charge is 0.243 e. The van der Waals surface area contributed by atoms with E-state index >= 15 is 0 Å². The van der Waals surface area contributed by atoms with Gasteiger partial charge in [0, 0.05) is 13.2 Å². The quantitative estimate of drug-likeness (QED) is 0.685. The molecule has 1 N–H and O–H groups in total. The third-order valence-electron chi connectivity index (χ3n) is 3.35. The average Bonchev–Trinajstić information content (AvgIpc) is 2.37. The maximum atomic E-state index is 11.9. The number of hydrogen-bond donors (Lipinski definition) is 1. The highest BCUT2D eigenvalue weighted by Crippen LogP contribution is 2.17. The molecule has 2 unspecified atom stereocenters. The Morgan fingerprint density at radius 1 is 1.39 bits per heavy atom. The molecule has 0 aromatic rings. The van der Waals surface area contributed by atoms with Crippen LogP contribution in [0.3, 0.4) is 0 Å². The van der Waals surface area contributed by atoms with Crippen LogP contribution in [0.1, 0.15) is 33.6 Å². The first kappa shape index (κ1) is 15.0. The molecule has 2 amide bonds. The minimum atomic E-state index is -0.346. The van der Waals surface area contributed by atoms with Gasteiger partial charge in [0.1, 0.15) is 6.04 Å². The first-order valence-electron chi connectivity index (χ1n) is 6.76. The Bertz CT molecular complexity index is 294. The van der Waals surface area contributed by atoms with E-state index in [1.54, 1.807) is 4.90 Å². The number of piperazine rings is 1. The third-order valence-corrected chi connectivity index (χ3v) is 3.35. The van der Waals surface area contributed by atoms with Crippen molar-refractivity contribution in [3.05, 3.63) is 0 Å². The van der Waals surface area contributed by atoms with Crippen LogP contribution in [0.25, 0.3) is 0 Å². The summed E-state index contributed by atoms with van der Waals surface area (Å²) in [5.41, 5.74) is 0. The first-order chi connectivity index (χ1) is 8.61. The van der Waals surface area contributed by atoms with E-state index in [0.29, 0.717) is 19.8 Å². The van der Waals surface area contributed by atoms with Gasteiger partial charge in [-0.25, -0.2) is 0 Å². The Hall–Kier alpha value is -1.10. The van der Waals surface area contributed by atoms with Crippen molar-refractivity contribution in [1.82, 2.24) is 10.2 Å². The van der Waals surface area contributed by atoms with E-state index in [0.717, 1.165) is 12.8 Å². The van der Waals surface area contributed by atoms with Gasteiger partial charge in [0.05, 0.1) is 13.2 Å². The topological polar surface area (TPSA) is 58.6 Å². The molecule has 5 heteroatoms. The summed E-state index contributed by atoms with van der Waals surface area (Å²) in [6.45, 7) is 7.88. The van der Waals surface area contributed by atoms with Crippen LogP contribution >= 0.6 is 0 Å². The predicted molar refractivity (Wildman–Crippen MR) is 69.1 cm³/mol. The maximum absolute atomic E-state index is 11.9. The van der Waals surface area contributed by atoms with Crippen molar-refractivity contribution in [2.24, 2.45) is 5.92 Å². The van der Waals surface area contributed by atoms with Crippen LogP contribution in [0.4, 0.5) is 0 Å². The molecule has 1 heterocycles. The Kier molecular flexibility index (Phi) is 6.12. The van der Waals surface area contributed by atoms with Crippen LogP contribution in [0.15, 0.2) is 0 Å². The van der Waals surface area contributed by atoms with Crippen LogP contribution in [0.2, 0.25) is 0 Å². The van der Waals surface area contributed by atoms with Gasteiger partial charge in [-0.1, -0.05) is 27.2 Å². The van der Waals surface area contributed by atoms with Gasteiger partial charge >= 0.3 is 0 Å². The molecule has 1 saturated heterocycles. The van der Waals surface area contributed by atoms with Crippen LogP contribution in [-0.4, -0.2) is 49.1 Å². The zero-order valence-corrected chi connectivity index (χ0v) is 11.6. The zero-order chi connectivity index (χ0) is 13.5. The molecule has 2 atom stereocenters. The number of carbonyl (C=O) groups is 2. The highest BCUT2D eigenvalue weighted by Gasteiger charge is 2.36. The van der Waals surface area contributed by atoms with Crippen LogP contribution in [-0.2, 0) is 14.3 Å². The fraction of sp³-hybridized carbons (Fsp3) is 0.846. The molecule has 0 aromatic heterocycles. The Morgan fingerprint density at radius 2 is 2.11 bits per heavy atom. The van der Waals surface area contributed by atoms with E-state index < -0.39 is 0 Å². The second kappa shape index (κ2) is 7.36. The molecule has 1 aliphatic heterocycles. The van der Waals surface area contributed by atoms with E-state index in [9.17, 15) is 9.59 Å². The summed E-state index contributed by atoms with van der Waals surface area (Å²) in [6.07, 6.45) is 1.83. The molecule has 0 spiro atoms. The summed E-state index contributed by atoms with van der Waals surface area (Å²) in [5, 5.41) is 2.66.